The second-order valence-corrected chi connectivity index (χ2v) is 3.53. The van der Waals surface area contributed by atoms with Crippen LogP contribution in [0.3, 0.4) is 0 Å². The maximum absolute atomic E-state index is 10.7. The van der Waals surface area contributed by atoms with Gasteiger partial charge in [0.15, 0.2) is 5.69 Å². The summed E-state index contributed by atoms with van der Waals surface area (Å²) in [6.07, 6.45) is 0. The third-order valence-electron chi connectivity index (χ3n) is 2.02. The Kier molecular flexibility index (Phi) is 2.90. The quantitative estimate of drug-likeness (QED) is 0.764. The number of nitrogens with zero attached hydrogens (tertiary/aromatic N) is 1. The molecule has 1 aromatic rings. The van der Waals surface area contributed by atoms with E-state index in [0.29, 0.717) is 5.76 Å². The van der Waals surface area contributed by atoms with Gasteiger partial charge in [-0.2, -0.15) is 0 Å². The molecule has 0 aliphatic rings. The highest BCUT2D eigenvalue weighted by atomic mass is 16.4. The maximum atomic E-state index is 10.7. The number of hydrogen-bond donors (Lipinski definition) is 2. The van der Waals surface area contributed by atoms with E-state index >= 15 is 0 Å². The minimum Gasteiger partial charge on any atom is -0.476 e. The molecule has 78 valence electrons. The van der Waals surface area contributed by atoms with Crippen LogP contribution in [0.1, 0.15) is 42.0 Å². The normalized spacial score (nSPS) is 13.2. The van der Waals surface area contributed by atoms with Crippen LogP contribution >= 0.6 is 0 Å². The highest BCUT2D eigenvalue weighted by molar-refractivity contribution is 5.86. The summed E-state index contributed by atoms with van der Waals surface area (Å²) in [4.78, 5) is 14.5. The zero-order chi connectivity index (χ0) is 10.9. The molecule has 0 spiro atoms. The van der Waals surface area contributed by atoms with Gasteiger partial charge in [-0.05, 0) is 12.8 Å². The van der Waals surface area contributed by atoms with Crippen LogP contribution in [-0.2, 0) is 0 Å². The number of oxazole rings is 1. The number of rotatable bonds is 3. The van der Waals surface area contributed by atoms with Crippen LogP contribution in [0.2, 0.25) is 0 Å². The van der Waals surface area contributed by atoms with Gasteiger partial charge in [0, 0.05) is 0 Å². The predicted molar refractivity (Wildman–Crippen MR) is 50.0 cm³/mol. The van der Waals surface area contributed by atoms with Gasteiger partial charge in [-0.15, -0.1) is 0 Å². The average Bonchev–Trinajstić information content (AvgIpc) is 2.45. The van der Waals surface area contributed by atoms with Crippen molar-refractivity contribution in [1.29, 1.82) is 0 Å². The monoisotopic (exact) mass is 198 g/mol. The summed E-state index contributed by atoms with van der Waals surface area (Å²) in [5, 5.41) is 8.74. The molecule has 0 bridgehead atoms. The summed E-state index contributed by atoms with van der Waals surface area (Å²) in [7, 11) is 0. The van der Waals surface area contributed by atoms with E-state index < -0.39 is 5.97 Å². The van der Waals surface area contributed by atoms with Crippen LogP contribution in [0.4, 0.5) is 0 Å². The van der Waals surface area contributed by atoms with E-state index in [4.69, 9.17) is 15.3 Å². The lowest BCUT2D eigenvalue weighted by atomic mass is 10.1. The van der Waals surface area contributed by atoms with Gasteiger partial charge in [0.2, 0.25) is 5.89 Å². The molecule has 1 aromatic heterocycles. The first-order valence-corrected chi connectivity index (χ1v) is 4.39. The molecule has 5 nitrogen and oxygen atoms in total. The average molecular weight is 198 g/mol. The van der Waals surface area contributed by atoms with E-state index in [0.717, 1.165) is 0 Å². The Morgan fingerprint density at radius 3 is 2.50 bits per heavy atom. The summed E-state index contributed by atoms with van der Waals surface area (Å²) in [6.45, 7) is 5.41. The number of aryl methyl sites for hydroxylation is 1. The zero-order valence-electron chi connectivity index (χ0n) is 8.44. The van der Waals surface area contributed by atoms with E-state index in [1.807, 2.05) is 13.8 Å². The van der Waals surface area contributed by atoms with Crippen LogP contribution in [0, 0.1) is 12.8 Å². The Hall–Kier alpha value is -1.36. The first-order chi connectivity index (χ1) is 6.43. The summed E-state index contributed by atoms with van der Waals surface area (Å²) >= 11 is 0. The number of carboxylic acid groups (broad SMARTS) is 1. The fourth-order valence-corrected chi connectivity index (χ4v) is 1.04. The molecule has 1 rings (SSSR count). The molecule has 0 aromatic carbocycles. The maximum Gasteiger partial charge on any atom is 0.358 e. The lowest BCUT2D eigenvalue weighted by Gasteiger charge is -2.10. The molecular formula is C9H14N2O3. The summed E-state index contributed by atoms with van der Waals surface area (Å²) in [6, 6.07) is -0.359. The lowest BCUT2D eigenvalue weighted by molar-refractivity contribution is 0.0689. The SMILES string of the molecule is Cc1oc([C@H](N)C(C)C)nc1C(=O)O. The van der Waals surface area contributed by atoms with Gasteiger partial charge in [-0.25, -0.2) is 9.78 Å². The molecule has 0 amide bonds. The van der Waals surface area contributed by atoms with Crippen molar-refractivity contribution in [3.8, 4) is 0 Å². The molecule has 0 saturated heterocycles. The van der Waals surface area contributed by atoms with Crippen molar-refractivity contribution in [2.75, 3.05) is 0 Å². The van der Waals surface area contributed by atoms with Crippen molar-refractivity contribution in [1.82, 2.24) is 4.98 Å². The van der Waals surface area contributed by atoms with Crippen molar-refractivity contribution < 1.29 is 14.3 Å². The summed E-state index contributed by atoms with van der Waals surface area (Å²) < 4.78 is 5.18. The van der Waals surface area contributed by atoms with E-state index in [9.17, 15) is 4.79 Å². The predicted octanol–water partition coefficient (Wildman–Crippen LogP) is 1.34. The van der Waals surface area contributed by atoms with E-state index in [1.165, 1.54) is 0 Å². The number of carbonyl (C=O) groups is 1. The van der Waals surface area contributed by atoms with Gasteiger partial charge in [0.05, 0.1) is 6.04 Å². The molecule has 1 heterocycles. The summed E-state index contributed by atoms with van der Waals surface area (Å²) in [5.74, 6) is -0.346. The molecule has 1 atom stereocenters. The van der Waals surface area contributed by atoms with E-state index in [2.05, 4.69) is 4.98 Å². The highest BCUT2D eigenvalue weighted by Crippen LogP contribution is 2.20. The fraction of sp³-hybridized carbons (Fsp3) is 0.556. The lowest BCUT2D eigenvalue weighted by Crippen LogP contribution is -2.17. The van der Waals surface area contributed by atoms with Gasteiger partial charge in [-0.3, -0.25) is 0 Å². The molecule has 3 N–H and O–H groups in total. The van der Waals surface area contributed by atoms with Crippen LogP contribution < -0.4 is 5.73 Å². The largest absolute Gasteiger partial charge is 0.476 e. The number of carboxylic acids is 1. The van der Waals surface area contributed by atoms with E-state index in [-0.39, 0.29) is 23.5 Å². The molecule has 0 unspecified atom stereocenters. The number of nitrogens with two attached hydrogens (primary N) is 1. The first kappa shape index (κ1) is 10.7. The Labute approximate surface area is 81.9 Å². The molecule has 0 aliphatic carbocycles. The fourth-order valence-electron chi connectivity index (χ4n) is 1.04. The molecule has 14 heavy (non-hydrogen) atoms. The Morgan fingerprint density at radius 2 is 2.14 bits per heavy atom. The third-order valence-corrected chi connectivity index (χ3v) is 2.02. The standard InChI is InChI=1S/C9H14N2O3/c1-4(2)6(10)8-11-7(9(12)13)5(3)14-8/h4,6H,10H2,1-3H3,(H,12,13)/t6-/m1/s1. The molecule has 0 aliphatic heterocycles. The topological polar surface area (TPSA) is 89.4 Å². The smallest absolute Gasteiger partial charge is 0.358 e. The van der Waals surface area contributed by atoms with Gasteiger partial charge in [0.1, 0.15) is 5.76 Å². The highest BCUT2D eigenvalue weighted by Gasteiger charge is 2.21. The second-order valence-electron chi connectivity index (χ2n) is 3.53. The van der Waals surface area contributed by atoms with Gasteiger partial charge < -0.3 is 15.3 Å². The molecule has 0 fully saturated rings. The molecule has 0 radical (unpaired) electrons. The Balaban J connectivity index is 3.02. The number of hydrogen-bond acceptors (Lipinski definition) is 4. The third kappa shape index (κ3) is 1.93. The minimum absolute atomic E-state index is 0.0592. The Bertz CT molecular complexity index is 344. The first-order valence-electron chi connectivity index (χ1n) is 4.39. The number of aromatic nitrogens is 1. The van der Waals surface area contributed by atoms with Gasteiger partial charge in [-0.1, -0.05) is 13.8 Å². The molecule has 0 saturated carbocycles. The van der Waals surface area contributed by atoms with Crippen molar-refractivity contribution in [3.63, 3.8) is 0 Å². The van der Waals surface area contributed by atoms with Gasteiger partial charge in [0.25, 0.3) is 0 Å². The van der Waals surface area contributed by atoms with E-state index in [1.54, 1.807) is 6.92 Å². The minimum atomic E-state index is -1.09. The van der Waals surface area contributed by atoms with Crippen LogP contribution in [0.25, 0.3) is 0 Å². The van der Waals surface area contributed by atoms with Crippen LogP contribution in [-0.4, -0.2) is 16.1 Å². The van der Waals surface area contributed by atoms with Crippen LogP contribution in [0.5, 0.6) is 0 Å². The second kappa shape index (κ2) is 3.79. The van der Waals surface area contributed by atoms with Crippen molar-refractivity contribution >= 4 is 5.97 Å². The van der Waals surface area contributed by atoms with Crippen molar-refractivity contribution in [2.45, 2.75) is 26.8 Å². The van der Waals surface area contributed by atoms with Gasteiger partial charge >= 0.3 is 5.97 Å². The van der Waals surface area contributed by atoms with Crippen LogP contribution in [0.15, 0.2) is 4.42 Å². The molecule has 5 heteroatoms. The van der Waals surface area contributed by atoms with Crippen molar-refractivity contribution in [3.05, 3.63) is 17.3 Å². The summed E-state index contributed by atoms with van der Waals surface area (Å²) in [5.41, 5.74) is 5.71. The van der Waals surface area contributed by atoms with Crippen molar-refractivity contribution in [2.24, 2.45) is 11.7 Å². The molecular weight excluding hydrogens is 184 g/mol. The Morgan fingerprint density at radius 1 is 1.57 bits per heavy atom. The number of aromatic carboxylic acids is 1. The zero-order valence-corrected chi connectivity index (χ0v) is 8.44.